The summed E-state index contributed by atoms with van der Waals surface area (Å²) in [5.41, 5.74) is 2.78. The lowest BCUT2D eigenvalue weighted by Crippen LogP contribution is -2.12. The molecule has 0 aliphatic heterocycles. The lowest BCUT2D eigenvalue weighted by molar-refractivity contribution is 0.0992. The summed E-state index contributed by atoms with van der Waals surface area (Å²) in [6.45, 7) is 4.42. The van der Waals surface area contributed by atoms with Gasteiger partial charge in [-0.3, -0.25) is 9.48 Å². The number of hydrogen-bond acceptors (Lipinski definition) is 4. The molecule has 2 aromatic carbocycles. The maximum atomic E-state index is 13.9. The molecule has 164 valence electrons. The van der Waals surface area contributed by atoms with Gasteiger partial charge in [-0.2, -0.15) is 5.10 Å². The van der Waals surface area contributed by atoms with Crippen LogP contribution in [0, 0.1) is 19.7 Å². The molecule has 0 saturated carbocycles. The van der Waals surface area contributed by atoms with E-state index in [2.05, 4.69) is 10.4 Å². The second-order valence-corrected chi connectivity index (χ2v) is 7.78. The van der Waals surface area contributed by atoms with Crippen molar-refractivity contribution in [3.63, 3.8) is 0 Å². The first kappa shape index (κ1) is 21.6. The predicted octanol–water partition coefficient (Wildman–Crippen LogP) is 5.77. The summed E-state index contributed by atoms with van der Waals surface area (Å²) >= 11 is 6.19. The van der Waals surface area contributed by atoms with Crippen LogP contribution in [0.4, 0.5) is 10.2 Å². The molecular formula is C24H21ClFN3O3. The summed E-state index contributed by atoms with van der Waals surface area (Å²) in [5.74, 6) is 0.657. The van der Waals surface area contributed by atoms with Gasteiger partial charge >= 0.3 is 0 Å². The van der Waals surface area contributed by atoms with Crippen molar-refractivity contribution in [2.45, 2.75) is 27.0 Å². The molecule has 2 aromatic heterocycles. The zero-order valence-electron chi connectivity index (χ0n) is 17.6. The summed E-state index contributed by atoms with van der Waals surface area (Å²) in [6, 6.07) is 15.4. The molecule has 1 N–H and O–H groups in total. The Labute approximate surface area is 189 Å². The zero-order valence-corrected chi connectivity index (χ0v) is 18.3. The van der Waals surface area contributed by atoms with Gasteiger partial charge in [-0.1, -0.05) is 35.9 Å². The highest BCUT2D eigenvalue weighted by molar-refractivity contribution is 6.33. The van der Waals surface area contributed by atoms with Crippen LogP contribution < -0.4 is 10.1 Å². The number of furan rings is 1. The molecule has 0 aliphatic carbocycles. The van der Waals surface area contributed by atoms with E-state index < -0.39 is 5.91 Å². The summed E-state index contributed by atoms with van der Waals surface area (Å²) in [7, 11) is 0. The van der Waals surface area contributed by atoms with Crippen LogP contribution in [-0.2, 0) is 13.2 Å². The molecule has 4 aromatic rings. The van der Waals surface area contributed by atoms with Gasteiger partial charge in [0, 0.05) is 11.8 Å². The minimum absolute atomic E-state index is 0.100. The fourth-order valence-corrected chi connectivity index (χ4v) is 3.27. The highest BCUT2D eigenvalue weighted by Crippen LogP contribution is 2.22. The maximum Gasteiger partial charge on any atom is 0.292 e. The van der Waals surface area contributed by atoms with Crippen LogP contribution >= 0.6 is 11.6 Å². The molecule has 0 saturated heterocycles. The van der Waals surface area contributed by atoms with Crippen LogP contribution in [0.15, 0.2) is 65.2 Å². The summed E-state index contributed by atoms with van der Waals surface area (Å²) < 4.78 is 26.6. The SMILES string of the molecule is Cc1ccc(OCc2ccc(C(=O)Nc3nn(Cc4ccccc4F)cc3Cl)o2)cc1C. The standard InChI is InChI=1S/C24H21ClFN3O3/c1-15-7-8-18(11-16(15)2)31-14-19-9-10-22(32-19)24(30)27-23-20(25)13-29(28-23)12-17-5-3-4-6-21(17)26/h3-11,13H,12,14H2,1-2H3,(H,27,28,30). The number of ether oxygens (including phenoxy) is 1. The average Bonchev–Trinajstić information content (AvgIpc) is 3.37. The van der Waals surface area contributed by atoms with Crippen molar-refractivity contribution in [3.05, 3.63) is 99.8 Å². The third kappa shape index (κ3) is 5.00. The number of aromatic nitrogens is 2. The minimum Gasteiger partial charge on any atom is -0.486 e. The topological polar surface area (TPSA) is 69.3 Å². The Morgan fingerprint density at radius 1 is 1.16 bits per heavy atom. The normalized spacial score (nSPS) is 10.9. The van der Waals surface area contributed by atoms with Crippen molar-refractivity contribution in [1.82, 2.24) is 9.78 Å². The van der Waals surface area contributed by atoms with Gasteiger partial charge in [0.1, 0.15) is 29.0 Å². The molecule has 4 rings (SSSR count). The van der Waals surface area contributed by atoms with E-state index in [4.69, 9.17) is 20.8 Å². The van der Waals surface area contributed by atoms with Crippen LogP contribution in [0.3, 0.4) is 0 Å². The molecule has 6 nitrogen and oxygen atoms in total. The Hall–Kier alpha value is -3.58. The van der Waals surface area contributed by atoms with Crippen LogP contribution in [0.1, 0.15) is 33.0 Å². The first-order valence-electron chi connectivity index (χ1n) is 9.95. The van der Waals surface area contributed by atoms with Crippen molar-refractivity contribution in [2.75, 3.05) is 5.32 Å². The third-order valence-corrected chi connectivity index (χ3v) is 5.26. The lowest BCUT2D eigenvalue weighted by atomic mass is 10.1. The number of rotatable bonds is 7. The molecular weight excluding hydrogens is 433 g/mol. The Kier molecular flexibility index (Phi) is 6.28. The van der Waals surface area contributed by atoms with E-state index in [0.717, 1.165) is 11.3 Å². The number of carbonyl (C=O) groups excluding carboxylic acids is 1. The smallest absolute Gasteiger partial charge is 0.292 e. The van der Waals surface area contributed by atoms with Gasteiger partial charge in [-0.05, 0) is 55.3 Å². The van der Waals surface area contributed by atoms with E-state index in [1.165, 1.54) is 22.5 Å². The van der Waals surface area contributed by atoms with Gasteiger partial charge in [0.05, 0.1) is 6.54 Å². The van der Waals surface area contributed by atoms with E-state index in [1.807, 2.05) is 32.0 Å². The Bertz CT molecular complexity index is 1270. The molecule has 1 amide bonds. The molecule has 0 aliphatic rings. The van der Waals surface area contributed by atoms with Gasteiger partial charge in [0.2, 0.25) is 0 Å². The minimum atomic E-state index is -0.500. The Morgan fingerprint density at radius 3 is 2.75 bits per heavy atom. The fraction of sp³-hybridized carbons (Fsp3) is 0.167. The number of aryl methyl sites for hydroxylation is 2. The number of nitrogens with one attached hydrogen (secondary N) is 1. The van der Waals surface area contributed by atoms with E-state index in [1.54, 1.807) is 30.3 Å². The van der Waals surface area contributed by atoms with Crippen molar-refractivity contribution in [3.8, 4) is 5.75 Å². The maximum absolute atomic E-state index is 13.9. The predicted molar refractivity (Wildman–Crippen MR) is 120 cm³/mol. The zero-order chi connectivity index (χ0) is 22.7. The second kappa shape index (κ2) is 9.28. The molecule has 0 bridgehead atoms. The van der Waals surface area contributed by atoms with Gasteiger partial charge in [-0.25, -0.2) is 4.39 Å². The molecule has 0 atom stereocenters. The number of amides is 1. The third-order valence-electron chi connectivity index (χ3n) is 4.98. The Balaban J connectivity index is 1.38. The molecule has 0 unspecified atom stereocenters. The Morgan fingerprint density at radius 2 is 1.97 bits per heavy atom. The van der Waals surface area contributed by atoms with Crippen LogP contribution in [-0.4, -0.2) is 15.7 Å². The monoisotopic (exact) mass is 453 g/mol. The number of nitrogens with zero attached hydrogens (tertiary/aromatic N) is 2. The van der Waals surface area contributed by atoms with Gasteiger partial charge in [-0.15, -0.1) is 0 Å². The molecule has 32 heavy (non-hydrogen) atoms. The fourth-order valence-electron chi connectivity index (χ4n) is 3.07. The van der Waals surface area contributed by atoms with Crippen molar-refractivity contribution in [2.24, 2.45) is 0 Å². The second-order valence-electron chi connectivity index (χ2n) is 7.37. The first-order chi connectivity index (χ1) is 15.4. The van der Waals surface area contributed by atoms with Crippen LogP contribution in [0.25, 0.3) is 0 Å². The lowest BCUT2D eigenvalue weighted by Gasteiger charge is -2.06. The number of halogens is 2. The van der Waals surface area contributed by atoms with Gasteiger partial charge < -0.3 is 14.5 Å². The molecule has 0 fully saturated rings. The number of benzene rings is 2. The molecule has 2 heterocycles. The highest BCUT2D eigenvalue weighted by atomic mass is 35.5. The van der Waals surface area contributed by atoms with E-state index >= 15 is 0 Å². The summed E-state index contributed by atoms with van der Waals surface area (Å²) in [4.78, 5) is 12.5. The van der Waals surface area contributed by atoms with Crippen LogP contribution in [0.2, 0.25) is 5.02 Å². The first-order valence-corrected chi connectivity index (χ1v) is 10.3. The van der Waals surface area contributed by atoms with E-state index in [-0.39, 0.29) is 35.6 Å². The largest absolute Gasteiger partial charge is 0.486 e. The molecule has 8 heteroatoms. The molecule has 0 spiro atoms. The summed E-state index contributed by atoms with van der Waals surface area (Å²) in [6.07, 6.45) is 1.52. The summed E-state index contributed by atoms with van der Waals surface area (Å²) in [5, 5.41) is 7.08. The van der Waals surface area contributed by atoms with E-state index in [0.29, 0.717) is 11.3 Å². The highest BCUT2D eigenvalue weighted by Gasteiger charge is 2.16. The molecule has 0 radical (unpaired) electrons. The number of carbonyl (C=O) groups is 1. The van der Waals surface area contributed by atoms with Crippen LogP contribution in [0.5, 0.6) is 5.75 Å². The quantitative estimate of drug-likeness (QED) is 0.386. The van der Waals surface area contributed by atoms with Gasteiger partial charge in [0.25, 0.3) is 5.91 Å². The number of anilines is 1. The number of hydrogen-bond donors (Lipinski definition) is 1. The van der Waals surface area contributed by atoms with E-state index in [9.17, 15) is 9.18 Å². The van der Waals surface area contributed by atoms with Crippen molar-refractivity contribution >= 4 is 23.3 Å². The average molecular weight is 454 g/mol. The van der Waals surface area contributed by atoms with Crippen molar-refractivity contribution < 1.29 is 18.3 Å². The van der Waals surface area contributed by atoms with Gasteiger partial charge in [0.15, 0.2) is 11.6 Å². The van der Waals surface area contributed by atoms with Crippen molar-refractivity contribution in [1.29, 1.82) is 0 Å².